The Labute approximate surface area is 86.1 Å². The van der Waals surface area contributed by atoms with Crippen LogP contribution in [0.15, 0.2) is 30.3 Å². The summed E-state index contributed by atoms with van der Waals surface area (Å²) in [6.45, 7) is 7.98. The van der Waals surface area contributed by atoms with Crippen LogP contribution in [0.25, 0.3) is 0 Å². The number of carbonyl (C=O) groups is 1. The van der Waals surface area contributed by atoms with Crippen LogP contribution in [-0.2, 0) is 4.79 Å². The van der Waals surface area contributed by atoms with Crippen LogP contribution in [0.2, 0.25) is 0 Å². The Kier molecular flexibility index (Phi) is 3.10. The molecule has 1 heteroatoms. The number of rotatable bonds is 2. The SMILES string of the molecule is CC(=O)C(c1ccccc1)C(C)(C)C. The van der Waals surface area contributed by atoms with Crippen LogP contribution in [0.4, 0.5) is 0 Å². The van der Waals surface area contributed by atoms with Crippen molar-refractivity contribution in [3.63, 3.8) is 0 Å². The van der Waals surface area contributed by atoms with Crippen molar-refractivity contribution in [2.24, 2.45) is 5.41 Å². The van der Waals surface area contributed by atoms with Crippen LogP contribution < -0.4 is 0 Å². The fourth-order valence-corrected chi connectivity index (χ4v) is 1.99. The zero-order valence-electron chi connectivity index (χ0n) is 9.37. The maximum atomic E-state index is 11.6. The molecule has 1 atom stereocenters. The lowest BCUT2D eigenvalue weighted by Gasteiger charge is -2.28. The molecule has 0 amide bonds. The summed E-state index contributed by atoms with van der Waals surface area (Å²) >= 11 is 0. The van der Waals surface area contributed by atoms with Crippen molar-refractivity contribution >= 4 is 5.78 Å². The summed E-state index contributed by atoms with van der Waals surface area (Å²) in [6, 6.07) is 9.99. The molecule has 0 saturated heterocycles. The normalized spacial score (nSPS) is 13.7. The van der Waals surface area contributed by atoms with Crippen molar-refractivity contribution in [2.45, 2.75) is 33.6 Å². The molecule has 0 aliphatic carbocycles. The molecule has 0 saturated carbocycles. The molecule has 1 nitrogen and oxygen atoms in total. The first kappa shape index (κ1) is 11.0. The van der Waals surface area contributed by atoms with Gasteiger partial charge in [0.1, 0.15) is 5.78 Å². The highest BCUT2D eigenvalue weighted by atomic mass is 16.1. The monoisotopic (exact) mass is 190 g/mol. The molecule has 0 fully saturated rings. The second-order valence-electron chi connectivity index (χ2n) is 4.82. The summed E-state index contributed by atoms with van der Waals surface area (Å²) in [5.74, 6) is 0.243. The van der Waals surface area contributed by atoms with Gasteiger partial charge in [0.2, 0.25) is 0 Å². The van der Waals surface area contributed by atoms with E-state index in [1.807, 2.05) is 30.3 Å². The van der Waals surface area contributed by atoms with Gasteiger partial charge in [0.05, 0.1) is 0 Å². The third-order valence-electron chi connectivity index (χ3n) is 2.41. The van der Waals surface area contributed by atoms with Gasteiger partial charge in [0.15, 0.2) is 0 Å². The van der Waals surface area contributed by atoms with Crippen molar-refractivity contribution < 1.29 is 4.79 Å². The van der Waals surface area contributed by atoms with Gasteiger partial charge in [0, 0.05) is 5.92 Å². The first-order chi connectivity index (χ1) is 6.43. The number of benzene rings is 1. The molecular weight excluding hydrogens is 172 g/mol. The Morgan fingerprint density at radius 1 is 1.14 bits per heavy atom. The van der Waals surface area contributed by atoms with Gasteiger partial charge in [-0.3, -0.25) is 4.79 Å². The zero-order chi connectivity index (χ0) is 10.8. The number of hydrogen-bond donors (Lipinski definition) is 0. The van der Waals surface area contributed by atoms with E-state index in [0.717, 1.165) is 5.56 Å². The lowest BCUT2D eigenvalue weighted by molar-refractivity contribution is -0.120. The van der Waals surface area contributed by atoms with Crippen molar-refractivity contribution in [3.05, 3.63) is 35.9 Å². The summed E-state index contributed by atoms with van der Waals surface area (Å²) in [4.78, 5) is 11.6. The van der Waals surface area contributed by atoms with Crippen LogP contribution in [0.3, 0.4) is 0 Å². The number of ketones is 1. The summed E-state index contributed by atoms with van der Waals surface area (Å²) in [7, 11) is 0. The maximum absolute atomic E-state index is 11.6. The van der Waals surface area contributed by atoms with E-state index in [0.29, 0.717) is 0 Å². The summed E-state index contributed by atoms with van der Waals surface area (Å²) in [5.41, 5.74) is 1.11. The highest BCUT2D eigenvalue weighted by Gasteiger charge is 2.29. The fraction of sp³-hybridized carbons (Fsp3) is 0.462. The van der Waals surface area contributed by atoms with E-state index in [4.69, 9.17) is 0 Å². The van der Waals surface area contributed by atoms with Crippen LogP contribution in [-0.4, -0.2) is 5.78 Å². The van der Waals surface area contributed by atoms with Crippen molar-refractivity contribution in [3.8, 4) is 0 Å². The third kappa shape index (κ3) is 2.44. The summed E-state index contributed by atoms with van der Waals surface area (Å²) in [5, 5.41) is 0. The van der Waals surface area contributed by atoms with Crippen molar-refractivity contribution in [2.75, 3.05) is 0 Å². The van der Waals surface area contributed by atoms with Gasteiger partial charge < -0.3 is 0 Å². The predicted molar refractivity (Wildman–Crippen MR) is 59.3 cm³/mol. The lowest BCUT2D eigenvalue weighted by Crippen LogP contribution is -2.24. The number of carbonyl (C=O) groups excluding carboxylic acids is 1. The Bertz CT molecular complexity index is 306. The standard InChI is InChI=1S/C13H18O/c1-10(14)12(13(2,3)4)11-8-6-5-7-9-11/h5-9,12H,1-4H3. The minimum absolute atomic E-state index is 0.00343. The maximum Gasteiger partial charge on any atom is 0.137 e. The molecule has 0 aliphatic rings. The zero-order valence-corrected chi connectivity index (χ0v) is 9.37. The Morgan fingerprint density at radius 2 is 1.64 bits per heavy atom. The number of hydrogen-bond acceptors (Lipinski definition) is 1. The molecule has 14 heavy (non-hydrogen) atoms. The minimum atomic E-state index is -0.00676. The van der Waals surface area contributed by atoms with E-state index in [1.165, 1.54) is 0 Å². The van der Waals surface area contributed by atoms with Gasteiger partial charge in [0.25, 0.3) is 0 Å². The minimum Gasteiger partial charge on any atom is -0.299 e. The van der Waals surface area contributed by atoms with Gasteiger partial charge in [-0.1, -0.05) is 51.1 Å². The predicted octanol–water partition coefficient (Wildman–Crippen LogP) is 3.41. The second-order valence-corrected chi connectivity index (χ2v) is 4.82. The first-order valence-electron chi connectivity index (χ1n) is 4.98. The molecule has 0 aliphatic heterocycles. The molecule has 0 bridgehead atoms. The van der Waals surface area contributed by atoms with Crippen LogP contribution in [0.1, 0.15) is 39.2 Å². The molecule has 0 aromatic heterocycles. The van der Waals surface area contributed by atoms with Gasteiger partial charge in [-0.15, -0.1) is 0 Å². The van der Waals surface area contributed by atoms with Crippen LogP contribution in [0, 0.1) is 5.41 Å². The molecule has 1 rings (SSSR count). The first-order valence-corrected chi connectivity index (χ1v) is 4.98. The molecule has 0 heterocycles. The van der Waals surface area contributed by atoms with E-state index in [2.05, 4.69) is 20.8 Å². The highest BCUT2D eigenvalue weighted by molar-refractivity contribution is 5.84. The highest BCUT2D eigenvalue weighted by Crippen LogP contribution is 2.35. The van der Waals surface area contributed by atoms with Gasteiger partial charge in [-0.05, 0) is 17.9 Å². The quantitative estimate of drug-likeness (QED) is 0.698. The van der Waals surface area contributed by atoms with E-state index < -0.39 is 0 Å². The molecule has 0 spiro atoms. The topological polar surface area (TPSA) is 17.1 Å². The van der Waals surface area contributed by atoms with Gasteiger partial charge in [-0.2, -0.15) is 0 Å². The molecule has 76 valence electrons. The smallest absolute Gasteiger partial charge is 0.137 e. The average molecular weight is 190 g/mol. The number of Topliss-reactive ketones (excluding diaryl/α,β-unsaturated/α-hetero) is 1. The largest absolute Gasteiger partial charge is 0.299 e. The van der Waals surface area contributed by atoms with E-state index in [-0.39, 0.29) is 17.1 Å². The molecule has 0 N–H and O–H groups in total. The Morgan fingerprint density at radius 3 is 2.00 bits per heavy atom. The van der Waals surface area contributed by atoms with E-state index in [9.17, 15) is 4.79 Å². The molecule has 0 radical (unpaired) electrons. The summed E-state index contributed by atoms with van der Waals surface area (Å²) < 4.78 is 0. The Balaban J connectivity index is 3.08. The molecule has 1 aromatic carbocycles. The third-order valence-corrected chi connectivity index (χ3v) is 2.41. The Hall–Kier alpha value is -1.11. The van der Waals surface area contributed by atoms with Crippen LogP contribution in [0.5, 0.6) is 0 Å². The van der Waals surface area contributed by atoms with E-state index >= 15 is 0 Å². The van der Waals surface area contributed by atoms with E-state index in [1.54, 1.807) is 6.92 Å². The molecular formula is C13H18O. The fourth-order valence-electron chi connectivity index (χ4n) is 1.99. The van der Waals surface area contributed by atoms with Gasteiger partial charge in [-0.25, -0.2) is 0 Å². The summed E-state index contributed by atoms with van der Waals surface area (Å²) in [6.07, 6.45) is 0. The van der Waals surface area contributed by atoms with Crippen molar-refractivity contribution in [1.29, 1.82) is 0 Å². The molecule has 1 aromatic rings. The lowest BCUT2D eigenvalue weighted by atomic mass is 9.74. The van der Waals surface area contributed by atoms with Gasteiger partial charge >= 0.3 is 0 Å². The average Bonchev–Trinajstić information content (AvgIpc) is 2.02. The molecule has 1 unspecified atom stereocenters. The second kappa shape index (κ2) is 3.95. The van der Waals surface area contributed by atoms with Crippen molar-refractivity contribution in [1.82, 2.24) is 0 Å². The van der Waals surface area contributed by atoms with Crippen LogP contribution >= 0.6 is 0 Å².